The predicted molar refractivity (Wildman–Crippen MR) is 105 cm³/mol. The van der Waals surface area contributed by atoms with Crippen LogP contribution in [0, 0.1) is 5.92 Å². The summed E-state index contributed by atoms with van der Waals surface area (Å²) in [4.78, 5) is 28.8. The van der Waals surface area contributed by atoms with Crippen molar-refractivity contribution in [2.24, 2.45) is 5.92 Å². The second-order valence-electron chi connectivity index (χ2n) is 7.34. The van der Waals surface area contributed by atoms with Gasteiger partial charge in [0.1, 0.15) is 0 Å². The highest BCUT2D eigenvalue weighted by molar-refractivity contribution is 5.92. The van der Waals surface area contributed by atoms with Crippen LogP contribution in [0.3, 0.4) is 0 Å². The molecule has 0 spiro atoms. The van der Waals surface area contributed by atoms with Crippen LogP contribution in [0.25, 0.3) is 6.08 Å². The van der Waals surface area contributed by atoms with Crippen LogP contribution >= 0.6 is 0 Å². The number of nitrogens with one attached hydrogen (secondary N) is 1. The van der Waals surface area contributed by atoms with Gasteiger partial charge in [0.15, 0.2) is 0 Å². The Morgan fingerprint density at radius 2 is 1.93 bits per heavy atom. The highest BCUT2D eigenvalue weighted by Gasteiger charge is 2.27. The van der Waals surface area contributed by atoms with Crippen molar-refractivity contribution in [1.29, 1.82) is 0 Å². The molecule has 1 aromatic carbocycles. The van der Waals surface area contributed by atoms with Gasteiger partial charge in [0.05, 0.1) is 12.7 Å². The number of hydrogen-bond acceptors (Lipinski definition) is 4. The number of hydrogen-bond donors (Lipinski definition) is 1. The quantitative estimate of drug-likeness (QED) is 0.795. The van der Waals surface area contributed by atoms with Gasteiger partial charge in [-0.3, -0.25) is 9.59 Å². The van der Waals surface area contributed by atoms with Crippen molar-refractivity contribution >= 4 is 17.9 Å². The highest BCUT2D eigenvalue weighted by Crippen LogP contribution is 2.18. The normalized spacial score (nSPS) is 22.1. The first-order valence-electron chi connectivity index (χ1n) is 9.71. The number of rotatable bonds is 5. The summed E-state index contributed by atoms with van der Waals surface area (Å²) in [6.07, 6.45) is 4.94. The lowest BCUT2D eigenvalue weighted by atomic mass is 9.95. The van der Waals surface area contributed by atoms with E-state index in [9.17, 15) is 9.59 Å². The lowest BCUT2D eigenvalue weighted by Gasteiger charge is -2.32. The molecule has 0 radical (unpaired) electrons. The topological polar surface area (TPSA) is 61.9 Å². The van der Waals surface area contributed by atoms with E-state index in [1.807, 2.05) is 41.3 Å². The molecule has 0 aromatic heterocycles. The third-order valence-electron chi connectivity index (χ3n) is 5.24. The molecule has 1 N–H and O–H groups in total. The molecule has 1 aromatic rings. The number of carbonyl (C=O) groups excluding carboxylic acids is 2. The molecule has 3 rings (SSSR count). The minimum atomic E-state index is -0.0199. The first-order chi connectivity index (χ1) is 13.1. The Morgan fingerprint density at radius 3 is 2.63 bits per heavy atom. The van der Waals surface area contributed by atoms with E-state index in [1.54, 1.807) is 6.08 Å². The molecule has 0 aliphatic carbocycles. The lowest BCUT2D eigenvalue weighted by molar-refractivity contribution is -0.132. The second-order valence-corrected chi connectivity index (χ2v) is 7.34. The van der Waals surface area contributed by atoms with Crippen molar-refractivity contribution in [3.8, 4) is 0 Å². The van der Waals surface area contributed by atoms with Gasteiger partial charge in [0.25, 0.3) is 0 Å². The molecule has 2 saturated heterocycles. The number of likely N-dealkylation sites (tertiary alicyclic amines) is 1. The molecule has 2 fully saturated rings. The molecule has 2 amide bonds. The van der Waals surface area contributed by atoms with Crippen LogP contribution in [0.2, 0.25) is 0 Å². The fraction of sp³-hybridized carbons (Fsp3) is 0.524. The Morgan fingerprint density at radius 1 is 1.19 bits per heavy atom. The average Bonchev–Trinajstić information content (AvgIpc) is 2.71. The van der Waals surface area contributed by atoms with Gasteiger partial charge < -0.3 is 19.9 Å². The SMILES string of the molecule is CN1CCOC(CNC(=O)C2CCN(C(=O)/C=C/c3ccccc3)CC2)C1. The number of nitrogens with zero attached hydrogens (tertiary/aromatic N) is 2. The van der Waals surface area contributed by atoms with Crippen LogP contribution in [0.1, 0.15) is 18.4 Å². The summed E-state index contributed by atoms with van der Waals surface area (Å²) >= 11 is 0. The lowest BCUT2D eigenvalue weighted by Crippen LogP contribution is -2.48. The number of morpholine rings is 1. The molecular weight excluding hydrogens is 342 g/mol. The number of amides is 2. The largest absolute Gasteiger partial charge is 0.374 e. The fourth-order valence-corrected chi connectivity index (χ4v) is 3.55. The van der Waals surface area contributed by atoms with Gasteiger partial charge in [-0.2, -0.15) is 0 Å². The van der Waals surface area contributed by atoms with Crippen molar-refractivity contribution in [3.63, 3.8) is 0 Å². The number of carbonyl (C=O) groups is 2. The van der Waals surface area contributed by atoms with Crippen LogP contribution in [-0.4, -0.2) is 74.1 Å². The van der Waals surface area contributed by atoms with Gasteiger partial charge >= 0.3 is 0 Å². The molecule has 1 atom stereocenters. The number of benzene rings is 1. The van der Waals surface area contributed by atoms with E-state index >= 15 is 0 Å². The van der Waals surface area contributed by atoms with Gasteiger partial charge in [0.2, 0.25) is 11.8 Å². The minimum Gasteiger partial charge on any atom is -0.374 e. The van der Waals surface area contributed by atoms with Crippen LogP contribution in [0.4, 0.5) is 0 Å². The Bertz CT molecular complexity index is 654. The van der Waals surface area contributed by atoms with E-state index in [-0.39, 0.29) is 23.8 Å². The molecule has 0 bridgehead atoms. The zero-order chi connectivity index (χ0) is 19.1. The average molecular weight is 371 g/mol. The molecule has 2 aliphatic heterocycles. The molecule has 0 saturated carbocycles. The Labute approximate surface area is 161 Å². The fourth-order valence-electron chi connectivity index (χ4n) is 3.55. The molecule has 2 heterocycles. The maximum Gasteiger partial charge on any atom is 0.246 e. The minimum absolute atomic E-state index is 0.0105. The van der Waals surface area contributed by atoms with Crippen LogP contribution in [-0.2, 0) is 14.3 Å². The van der Waals surface area contributed by atoms with Crippen molar-refractivity contribution in [1.82, 2.24) is 15.1 Å². The number of piperidine rings is 1. The second kappa shape index (κ2) is 9.67. The molecule has 146 valence electrons. The summed E-state index contributed by atoms with van der Waals surface area (Å²) in [5, 5.41) is 3.03. The first kappa shape index (κ1) is 19.6. The molecule has 27 heavy (non-hydrogen) atoms. The molecule has 2 aliphatic rings. The van der Waals surface area contributed by atoms with Crippen molar-refractivity contribution in [3.05, 3.63) is 42.0 Å². The molecule has 1 unspecified atom stereocenters. The van der Waals surface area contributed by atoms with Crippen LogP contribution < -0.4 is 5.32 Å². The van der Waals surface area contributed by atoms with Gasteiger partial charge in [-0.05, 0) is 31.5 Å². The zero-order valence-corrected chi connectivity index (χ0v) is 16.0. The summed E-state index contributed by atoms with van der Waals surface area (Å²) in [6, 6.07) is 9.78. The molecular formula is C21H29N3O3. The Hall–Kier alpha value is -2.18. The summed E-state index contributed by atoms with van der Waals surface area (Å²) < 4.78 is 5.68. The van der Waals surface area contributed by atoms with Crippen molar-refractivity contribution in [2.45, 2.75) is 18.9 Å². The van der Waals surface area contributed by atoms with Gasteiger partial charge in [-0.25, -0.2) is 0 Å². The Kier molecular flexibility index (Phi) is 7.01. The monoisotopic (exact) mass is 371 g/mol. The first-order valence-corrected chi connectivity index (χ1v) is 9.71. The van der Waals surface area contributed by atoms with Crippen LogP contribution in [0.15, 0.2) is 36.4 Å². The van der Waals surface area contributed by atoms with Gasteiger partial charge in [0, 0.05) is 44.7 Å². The summed E-state index contributed by atoms with van der Waals surface area (Å²) in [7, 11) is 2.07. The smallest absolute Gasteiger partial charge is 0.246 e. The highest BCUT2D eigenvalue weighted by atomic mass is 16.5. The van der Waals surface area contributed by atoms with E-state index in [1.165, 1.54) is 0 Å². The van der Waals surface area contributed by atoms with E-state index in [4.69, 9.17) is 4.74 Å². The van der Waals surface area contributed by atoms with Gasteiger partial charge in [-0.15, -0.1) is 0 Å². The maximum atomic E-state index is 12.4. The number of ether oxygens (including phenoxy) is 1. The number of likely N-dealkylation sites (N-methyl/N-ethyl adjacent to an activating group) is 1. The molecule has 6 nitrogen and oxygen atoms in total. The van der Waals surface area contributed by atoms with E-state index in [0.29, 0.717) is 39.1 Å². The standard InChI is InChI=1S/C21H29N3O3/c1-23-13-14-27-19(16-23)15-22-21(26)18-9-11-24(12-10-18)20(25)8-7-17-5-3-2-4-6-17/h2-8,18-19H,9-16H2,1H3,(H,22,26)/b8-7+. The van der Waals surface area contributed by atoms with E-state index in [2.05, 4.69) is 17.3 Å². The van der Waals surface area contributed by atoms with Crippen molar-refractivity contribution < 1.29 is 14.3 Å². The summed E-state index contributed by atoms with van der Waals surface area (Å²) in [5.41, 5.74) is 1.01. The van der Waals surface area contributed by atoms with Crippen molar-refractivity contribution in [2.75, 3.05) is 46.4 Å². The zero-order valence-electron chi connectivity index (χ0n) is 16.0. The third kappa shape index (κ3) is 5.91. The maximum absolute atomic E-state index is 12.4. The van der Waals surface area contributed by atoms with E-state index in [0.717, 1.165) is 18.7 Å². The van der Waals surface area contributed by atoms with Crippen LogP contribution in [0.5, 0.6) is 0 Å². The predicted octanol–water partition coefficient (Wildman–Crippen LogP) is 1.39. The Balaban J connectivity index is 1.39. The molecule has 6 heteroatoms. The summed E-state index contributed by atoms with van der Waals surface area (Å²) in [6.45, 7) is 4.31. The third-order valence-corrected chi connectivity index (χ3v) is 5.24. The van der Waals surface area contributed by atoms with Gasteiger partial charge in [-0.1, -0.05) is 30.3 Å². The van der Waals surface area contributed by atoms with E-state index < -0.39 is 0 Å². The summed E-state index contributed by atoms with van der Waals surface area (Å²) in [5.74, 6) is 0.0728.